The number of aliphatic hydroxyl groups is 1. The van der Waals surface area contributed by atoms with E-state index in [1.807, 2.05) is 19.9 Å². The third kappa shape index (κ3) is 4.05. The number of nitrogens with zero attached hydrogens (tertiary/aromatic N) is 1. The topological polar surface area (TPSA) is 87.1 Å². The van der Waals surface area contributed by atoms with Crippen LogP contribution in [-0.4, -0.2) is 28.5 Å². The molecule has 3 aromatic carbocycles. The Morgan fingerprint density at radius 3 is 2.48 bits per heavy atom. The normalized spacial score (nSPS) is 17.4. The number of anilines is 1. The van der Waals surface area contributed by atoms with Gasteiger partial charge in [-0.15, -0.1) is 0 Å². The second-order valence-corrected chi connectivity index (χ2v) is 8.05. The van der Waals surface area contributed by atoms with Gasteiger partial charge in [0.15, 0.2) is 0 Å². The molecule has 1 aliphatic heterocycles. The van der Waals surface area contributed by atoms with Crippen molar-refractivity contribution in [3.63, 3.8) is 0 Å². The van der Waals surface area contributed by atoms with Crippen molar-refractivity contribution in [2.24, 2.45) is 0 Å². The highest BCUT2D eigenvalue weighted by atomic mass is 35.5. The SMILES string of the molecule is CCOc1ccc(Cl)c(/C(O)=C2\C(=O)C(=O)N(c3cc(C)ccc3O)C2c2ccccc2)c1. The molecule has 33 heavy (non-hydrogen) atoms. The minimum absolute atomic E-state index is 0.123. The highest BCUT2D eigenvalue weighted by molar-refractivity contribution is 6.52. The average molecular weight is 464 g/mol. The van der Waals surface area contributed by atoms with E-state index >= 15 is 0 Å². The van der Waals surface area contributed by atoms with E-state index in [0.29, 0.717) is 17.9 Å². The Morgan fingerprint density at radius 2 is 1.79 bits per heavy atom. The number of hydrogen-bond acceptors (Lipinski definition) is 5. The number of ether oxygens (including phenoxy) is 1. The number of phenolic OH excluding ortho intramolecular Hbond substituents is 1. The molecular weight excluding hydrogens is 442 g/mol. The Labute approximate surface area is 196 Å². The lowest BCUT2D eigenvalue weighted by Gasteiger charge is -2.26. The van der Waals surface area contributed by atoms with E-state index in [1.165, 1.54) is 17.0 Å². The fraction of sp³-hybridized carbons (Fsp3) is 0.154. The largest absolute Gasteiger partial charge is 0.507 e. The minimum atomic E-state index is -0.967. The van der Waals surface area contributed by atoms with Gasteiger partial charge in [0.25, 0.3) is 11.7 Å². The van der Waals surface area contributed by atoms with E-state index in [0.717, 1.165) is 5.56 Å². The summed E-state index contributed by atoms with van der Waals surface area (Å²) in [6.07, 6.45) is 0. The second-order valence-electron chi connectivity index (χ2n) is 7.65. The number of aryl methyl sites for hydroxylation is 1. The van der Waals surface area contributed by atoms with Crippen LogP contribution in [0, 0.1) is 6.92 Å². The first-order valence-corrected chi connectivity index (χ1v) is 10.8. The van der Waals surface area contributed by atoms with Crippen LogP contribution in [0.5, 0.6) is 11.5 Å². The van der Waals surface area contributed by atoms with Crippen LogP contribution in [0.4, 0.5) is 5.69 Å². The second kappa shape index (κ2) is 9.00. The Hall–Kier alpha value is -3.77. The zero-order chi connectivity index (χ0) is 23.7. The fourth-order valence-electron chi connectivity index (χ4n) is 3.95. The molecule has 1 amide bonds. The molecule has 1 fully saturated rings. The number of aromatic hydroxyl groups is 1. The third-order valence-electron chi connectivity index (χ3n) is 5.45. The molecule has 0 spiro atoms. The summed E-state index contributed by atoms with van der Waals surface area (Å²) >= 11 is 6.35. The Balaban J connectivity index is 1.98. The molecule has 1 heterocycles. The van der Waals surface area contributed by atoms with Crippen molar-refractivity contribution in [2.45, 2.75) is 19.9 Å². The van der Waals surface area contributed by atoms with Gasteiger partial charge in [0.1, 0.15) is 17.3 Å². The minimum Gasteiger partial charge on any atom is -0.507 e. The molecule has 4 rings (SSSR count). The molecule has 1 unspecified atom stereocenters. The molecule has 0 radical (unpaired) electrons. The number of aliphatic hydroxyl groups excluding tert-OH is 1. The molecule has 1 aliphatic rings. The first kappa shape index (κ1) is 22.4. The molecule has 0 bridgehead atoms. The van der Waals surface area contributed by atoms with Crippen LogP contribution in [0.1, 0.15) is 29.7 Å². The number of carbonyl (C=O) groups is 2. The number of halogens is 1. The van der Waals surface area contributed by atoms with E-state index in [4.69, 9.17) is 16.3 Å². The van der Waals surface area contributed by atoms with Gasteiger partial charge < -0.3 is 14.9 Å². The summed E-state index contributed by atoms with van der Waals surface area (Å²) in [7, 11) is 0. The number of amides is 1. The molecule has 1 atom stereocenters. The number of phenols is 1. The molecule has 7 heteroatoms. The van der Waals surface area contributed by atoms with E-state index in [2.05, 4.69) is 0 Å². The van der Waals surface area contributed by atoms with E-state index in [9.17, 15) is 19.8 Å². The zero-order valence-electron chi connectivity index (χ0n) is 18.1. The monoisotopic (exact) mass is 463 g/mol. The standard InChI is InChI=1S/C26H22ClNO5/c1-3-33-17-10-11-19(27)18(14-17)24(30)22-23(16-7-5-4-6-8-16)28(26(32)25(22)31)20-13-15(2)9-12-21(20)29/h4-14,23,29-30H,3H2,1-2H3/b24-22+. The molecular formula is C26H22ClNO5. The molecule has 168 valence electrons. The fourth-order valence-corrected chi connectivity index (χ4v) is 4.15. The van der Waals surface area contributed by atoms with E-state index < -0.39 is 23.5 Å². The lowest BCUT2D eigenvalue weighted by Crippen LogP contribution is -2.29. The molecule has 0 aromatic heterocycles. The lowest BCUT2D eigenvalue weighted by atomic mass is 9.95. The summed E-state index contributed by atoms with van der Waals surface area (Å²) in [6.45, 7) is 4.04. The molecule has 1 saturated heterocycles. The summed E-state index contributed by atoms with van der Waals surface area (Å²) in [6, 6.07) is 17.4. The van der Waals surface area contributed by atoms with E-state index in [-0.39, 0.29) is 27.6 Å². The first-order valence-electron chi connectivity index (χ1n) is 10.4. The molecule has 2 N–H and O–H groups in total. The first-order chi connectivity index (χ1) is 15.8. The van der Waals surface area contributed by atoms with Crippen molar-refractivity contribution in [3.05, 3.63) is 94.0 Å². The van der Waals surface area contributed by atoms with Gasteiger partial charge in [0, 0.05) is 5.56 Å². The third-order valence-corrected chi connectivity index (χ3v) is 5.78. The predicted molar refractivity (Wildman–Crippen MR) is 127 cm³/mol. The maximum atomic E-state index is 13.2. The van der Waals surface area contributed by atoms with Gasteiger partial charge in [0.2, 0.25) is 0 Å². The van der Waals surface area contributed by atoms with Gasteiger partial charge in [-0.2, -0.15) is 0 Å². The van der Waals surface area contributed by atoms with Crippen LogP contribution >= 0.6 is 11.6 Å². The Kier molecular flexibility index (Phi) is 6.11. The van der Waals surface area contributed by atoms with Crippen molar-refractivity contribution >= 4 is 34.7 Å². The molecule has 6 nitrogen and oxygen atoms in total. The number of ketones is 1. The Bertz CT molecular complexity index is 1270. The van der Waals surface area contributed by atoms with Crippen molar-refractivity contribution in [1.29, 1.82) is 0 Å². The van der Waals surface area contributed by atoms with E-state index in [1.54, 1.807) is 48.5 Å². The van der Waals surface area contributed by atoms with Crippen LogP contribution in [-0.2, 0) is 9.59 Å². The molecule has 0 aliphatic carbocycles. The predicted octanol–water partition coefficient (Wildman–Crippen LogP) is 5.38. The zero-order valence-corrected chi connectivity index (χ0v) is 18.8. The number of benzene rings is 3. The van der Waals surface area contributed by atoms with Crippen LogP contribution in [0.15, 0.2) is 72.3 Å². The van der Waals surface area contributed by atoms with Crippen molar-refractivity contribution in [1.82, 2.24) is 0 Å². The maximum Gasteiger partial charge on any atom is 0.300 e. The van der Waals surface area contributed by atoms with Gasteiger partial charge in [-0.1, -0.05) is 48.0 Å². The van der Waals surface area contributed by atoms with Crippen molar-refractivity contribution < 1.29 is 24.5 Å². The quantitative estimate of drug-likeness (QED) is 0.301. The highest BCUT2D eigenvalue weighted by Gasteiger charge is 2.47. The van der Waals surface area contributed by atoms with Gasteiger partial charge in [-0.05, 0) is 55.3 Å². The van der Waals surface area contributed by atoms with Crippen LogP contribution in [0.2, 0.25) is 5.02 Å². The number of Topliss-reactive ketones (excluding diaryl/α,β-unsaturated/α-hetero) is 1. The summed E-state index contributed by atoms with van der Waals surface area (Å²) in [5.41, 5.74) is 1.62. The number of carbonyl (C=O) groups excluding carboxylic acids is 2. The maximum absolute atomic E-state index is 13.2. The highest BCUT2D eigenvalue weighted by Crippen LogP contribution is 2.45. The van der Waals surface area contributed by atoms with Gasteiger partial charge in [-0.3, -0.25) is 14.5 Å². The van der Waals surface area contributed by atoms with Crippen LogP contribution in [0.25, 0.3) is 5.76 Å². The van der Waals surface area contributed by atoms with Crippen molar-refractivity contribution in [3.8, 4) is 11.5 Å². The van der Waals surface area contributed by atoms with Crippen LogP contribution in [0.3, 0.4) is 0 Å². The molecule has 0 saturated carbocycles. The number of rotatable bonds is 5. The van der Waals surface area contributed by atoms with Gasteiger partial charge in [0.05, 0.1) is 28.9 Å². The Morgan fingerprint density at radius 1 is 1.06 bits per heavy atom. The summed E-state index contributed by atoms with van der Waals surface area (Å²) in [4.78, 5) is 27.7. The van der Waals surface area contributed by atoms with Gasteiger partial charge >= 0.3 is 0 Å². The van der Waals surface area contributed by atoms with Crippen molar-refractivity contribution in [2.75, 3.05) is 11.5 Å². The summed E-state index contributed by atoms with van der Waals surface area (Å²) in [5.74, 6) is -1.84. The smallest absolute Gasteiger partial charge is 0.300 e. The summed E-state index contributed by atoms with van der Waals surface area (Å²) in [5, 5.41) is 22.0. The summed E-state index contributed by atoms with van der Waals surface area (Å²) < 4.78 is 5.51. The molecule has 3 aromatic rings. The van der Waals surface area contributed by atoms with Gasteiger partial charge in [-0.25, -0.2) is 0 Å². The lowest BCUT2D eigenvalue weighted by molar-refractivity contribution is -0.132. The average Bonchev–Trinajstić information content (AvgIpc) is 3.07. The number of hydrogen-bond donors (Lipinski definition) is 2. The van der Waals surface area contributed by atoms with Crippen LogP contribution < -0.4 is 9.64 Å².